The third-order valence-electron chi connectivity index (χ3n) is 3.53. The van der Waals surface area contributed by atoms with Crippen LogP contribution in [0, 0.1) is 5.82 Å². The van der Waals surface area contributed by atoms with Gasteiger partial charge in [0, 0.05) is 13.1 Å². The zero-order valence-electron chi connectivity index (χ0n) is 13.5. The Kier molecular flexibility index (Phi) is 4.69. The molecule has 0 unspecified atom stereocenters. The highest BCUT2D eigenvalue weighted by Gasteiger charge is 2.18. The second-order valence-corrected chi connectivity index (χ2v) is 5.09. The van der Waals surface area contributed by atoms with E-state index in [1.165, 1.54) is 19.2 Å². The quantitative estimate of drug-likeness (QED) is 0.912. The number of methoxy groups -OCH3 is 1. The van der Waals surface area contributed by atoms with Gasteiger partial charge in [0.05, 0.1) is 18.5 Å². The van der Waals surface area contributed by atoms with Crippen LogP contribution in [0.2, 0.25) is 0 Å². The van der Waals surface area contributed by atoms with E-state index in [1.807, 2.05) is 25.2 Å². The van der Waals surface area contributed by atoms with Crippen LogP contribution in [0.1, 0.15) is 5.56 Å². The molecule has 7 heteroatoms. The number of nitrogens with zero attached hydrogens (tertiary/aromatic N) is 2. The molecule has 126 valence electrons. The van der Waals surface area contributed by atoms with Crippen molar-refractivity contribution in [2.45, 2.75) is 6.61 Å². The number of halogens is 1. The largest absolute Gasteiger partial charge is 0.487 e. The average molecular weight is 331 g/mol. The van der Waals surface area contributed by atoms with Gasteiger partial charge in [-0.3, -0.25) is 0 Å². The van der Waals surface area contributed by atoms with E-state index in [2.05, 4.69) is 10.4 Å². The molecule has 2 aromatic carbocycles. The summed E-state index contributed by atoms with van der Waals surface area (Å²) in [5.41, 5.74) is 2.54. The van der Waals surface area contributed by atoms with Crippen molar-refractivity contribution < 1.29 is 18.6 Å². The molecule has 1 N–H and O–H groups in total. The number of hydrazone groups is 1. The van der Waals surface area contributed by atoms with Crippen molar-refractivity contribution in [3.8, 4) is 5.75 Å². The summed E-state index contributed by atoms with van der Waals surface area (Å²) in [5, 5.41) is 8.94. The molecule has 0 saturated carbocycles. The Morgan fingerprint density at radius 3 is 2.71 bits per heavy atom. The molecule has 1 heterocycles. The Balaban J connectivity index is 1.77. The lowest BCUT2D eigenvalue weighted by Gasteiger charge is -2.16. The Hall–Kier alpha value is -2.96. The highest BCUT2D eigenvalue weighted by atomic mass is 19.1. The molecule has 3 rings (SSSR count). The van der Waals surface area contributed by atoms with Crippen LogP contribution in [-0.4, -0.2) is 27.0 Å². The molecule has 0 radical (unpaired) electrons. The minimum Gasteiger partial charge on any atom is -0.487 e. The van der Waals surface area contributed by atoms with Crippen molar-refractivity contribution in [1.29, 1.82) is 0 Å². The molecule has 0 aromatic heterocycles. The van der Waals surface area contributed by atoms with Crippen LogP contribution in [-0.2, 0) is 16.1 Å². The Bertz CT molecular complexity index is 734. The van der Waals surface area contributed by atoms with Crippen molar-refractivity contribution in [1.82, 2.24) is 0 Å². The molecular formula is C17H18FN3O3. The molecule has 24 heavy (non-hydrogen) atoms. The SMILES string of the molecule is CNc1ccc(N2COC(OC)=N2)cc1OCc1ccc(F)cc1. The van der Waals surface area contributed by atoms with Gasteiger partial charge in [-0.2, -0.15) is 0 Å². The summed E-state index contributed by atoms with van der Waals surface area (Å²) in [6, 6.07) is 11.9. The molecule has 0 saturated heterocycles. The van der Waals surface area contributed by atoms with Crippen LogP contribution in [0.4, 0.5) is 15.8 Å². The number of anilines is 2. The van der Waals surface area contributed by atoms with Gasteiger partial charge >= 0.3 is 6.08 Å². The van der Waals surface area contributed by atoms with Gasteiger partial charge < -0.3 is 19.5 Å². The van der Waals surface area contributed by atoms with Gasteiger partial charge in [-0.05, 0) is 29.8 Å². The smallest absolute Gasteiger partial charge is 0.407 e. The zero-order valence-corrected chi connectivity index (χ0v) is 13.5. The summed E-state index contributed by atoms with van der Waals surface area (Å²) in [4.78, 5) is 0. The fourth-order valence-electron chi connectivity index (χ4n) is 2.24. The van der Waals surface area contributed by atoms with Crippen LogP contribution in [0.3, 0.4) is 0 Å². The first kappa shape index (κ1) is 15.9. The molecule has 6 nitrogen and oxygen atoms in total. The van der Waals surface area contributed by atoms with E-state index >= 15 is 0 Å². The molecule has 0 spiro atoms. The van der Waals surface area contributed by atoms with Gasteiger partial charge in [-0.15, -0.1) is 0 Å². The van der Waals surface area contributed by atoms with E-state index in [9.17, 15) is 4.39 Å². The van der Waals surface area contributed by atoms with Crippen LogP contribution in [0.5, 0.6) is 5.75 Å². The second-order valence-electron chi connectivity index (χ2n) is 5.09. The lowest BCUT2D eigenvalue weighted by molar-refractivity contribution is 0.225. The summed E-state index contributed by atoms with van der Waals surface area (Å²) < 4.78 is 29.1. The minimum absolute atomic E-state index is 0.224. The Labute approximate surface area is 139 Å². The molecule has 1 aliphatic rings. The van der Waals surface area contributed by atoms with E-state index in [4.69, 9.17) is 14.2 Å². The monoisotopic (exact) mass is 331 g/mol. The molecule has 0 fully saturated rings. The number of benzene rings is 2. The third kappa shape index (κ3) is 3.51. The van der Waals surface area contributed by atoms with Gasteiger partial charge in [-0.1, -0.05) is 17.2 Å². The van der Waals surface area contributed by atoms with Crippen molar-refractivity contribution in [3.63, 3.8) is 0 Å². The Morgan fingerprint density at radius 2 is 2.04 bits per heavy atom. The molecule has 0 aliphatic carbocycles. The first-order valence-electron chi connectivity index (χ1n) is 7.41. The van der Waals surface area contributed by atoms with Crippen LogP contribution in [0.15, 0.2) is 47.6 Å². The number of ether oxygens (including phenoxy) is 3. The highest BCUT2D eigenvalue weighted by Crippen LogP contribution is 2.31. The summed E-state index contributed by atoms with van der Waals surface area (Å²) in [7, 11) is 3.32. The summed E-state index contributed by atoms with van der Waals surface area (Å²) in [6.07, 6.45) is 0.224. The van der Waals surface area contributed by atoms with E-state index < -0.39 is 0 Å². The van der Waals surface area contributed by atoms with Crippen molar-refractivity contribution in [2.24, 2.45) is 5.10 Å². The van der Waals surface area contributed by atoms with Gasteiger partial charge in [0.2, 0.25) is 0 Å². The lowest BCUT2D eigenvalue weighted by atomic mass is 10.2. The highest BCUT2D eigenvalue weighted by molar-refractivity contribution is 5.72. The standard InChI is InChI=1S/C17H18FN3O3/c1-19-15-8-7-14(21-11-24-17(20-21)22-2)9-16(15)23-10-12-3-5-13(18)6-4-12/h3-9,19H,10-11H2,1-2H3. The van der Waals surface area contributed by atoms with Crippen molar-refractivity contribution >= 4 is 17.5 Å². The summed E-state index contributed by atoms with van der Waals surface area (Å²) in [6.45, 7) is 0.612. The van der Waals surface area contributed by atoms with Gasteiger partial charge in [0.1, 0.15) is 18.2 Å². The average Bonchev–Trinajstić information content (AvgIpc) is 3.10. The fraction of sp³-hybridized carbons (Fsp3) is 0.235. The lowest BCUT2D eigenvalue weighted by Crippen LogP contribution is -2.13. The van der Waals surface area contributed by atoms with Crippen LogP contribution < -0.4 is 15.1 Å². The first-order chi connectivity index (χ1) is 11.7. The van der Waals surface area contributed by atoms with E-state index in [1.54, 1.807) is 17.1 Å². The predicted molar refractivity (Wildman–Crippen MR) is 89.6 cm³/mol. The van der Waals surface area contributed by atoms with Gasteiger partial charge in [0.15, 0.2) is 6.73 Å². The molecule has 0 atom stereocenters. The molecule has 2 aromatic rings. The van der Waals surface area contributed by atoms with Gasteiger partial charge in [-0.25, -0.2) is 9.40 Å². The number of hydrogen-bond donors (Lipinski definition) is 1. The maximum atomic E-state index is 13.0. The molecular weight excluding hydrogens is 313 g/mol. The van der Waals surface area contributed by atoms with E-state index in [0.29, 0.717) is 12.4 Å². The predicted octanol–water partition coefficient (Wildman–Crippen LogP) is 3.16. The van der Waals surface area contributed by atoms with Crippen molar-refractivity contribution in [2.75, 3.05) is 31.2 Å². The van der Waals surface area contributed by atoms with Crippen LogP contribution in [0.25, 0.3) is 0 Å². The fourth-order valence-corrected chi connectivity index (χ4v) is 2.24. The molecule has 1 aliphatic heterocycles. The second kappa shape index (κ2) is 7.08. The van der Waals surface area contributed by atoms with Crippen LogP contribution >= 0.6 is 0 Å². The zero-order chi connectivity index (χ0) is 16.9. The molecule has 0 amide bonds. The normalized spacial score (nSPS) is 13.3. The number of rotatable bonds is 5. The van der Waals surface area contributed by atoms with Gasteiger partial charge in [0.25, 0.3) is 0 Å². The summed E-state index contributed by atoms with van der Waals surface area (Å²) in [5.74, 6) is 0.401. The van der Waals surface area contributed by atoms with E-state index in [-0.39, 0.29) is 18.6 Å². The maximum absolute atomic E-state index is 13.0. The third-order valence-corrected chi connectivity index (χ3v) is 3.53. The maximum Gasteiger partial charge on any atom is 0.407 e. The minimum atomic E-state index is -0.266. The van der Waals surface area contributed by atoms with Crippen molar-refractivity contribution in [3.05, 3.63) is 53.8 Å². The Morgan fingerprint density at radius 1 is 1.25 bits per heavy atom. The number of hydrogen-bond acceptors (Lipinski definition) is 6. The van der Waals surface area contributed by atoms with E-state index in [0.717, 1.165) is 16.9 Å². The number of nitrogens with one attached hydrogen (secondary N) is 1. The summed E-state index contributed by atoms with van der Waals surface area (Å²) >= 11 is 0. The molecule has 0 bridgehead atoms. The topological polar surface area (TPSA) is 55.3 Å². The first-order valence-corrected chi connectivity index (χ1v) is 7.41.